The average Bonchev–Trinajstić information content (AvgIpc) is 3.84. The van der Waals surface area contributed by atoms with Crippen LogP contribution in [0, 0.1) is 11.8 Å². The van der Waals surface area contributed by atoms with E-state index in [0.717, 1.165) is 66.2 Å². The summed E-state index contributed by atoms with van der Waals surface area (Å²) in [5, 5.41) is 4.13. The van der Waals surface area contributed by atoms with Gasteiger partial charge in [0.05, 0.1) is 0 Å². The summed E-state index contributed by atoms with van der Waals surface area (Å²) in [7, 11) is -3.08. The Bertz CT molecular complexity index is 3320. The number of carbonyl (C=O) groups excluding carboxylic acids is 2. The molecule has 6 nitrogen and oxygen atoms in total. The predicted molar refractivity (Wildman–Crippen MR) is 232 cm³/mol. The maximum Gasteiger partial charge on any atom is 0.170 e. The third-order valence-corrected chi connectivity index (χ3v) is 14.9. The zero-order valence-electron chi connectivity index (χ0n) is 30.4. The number of carbonyl (C=O) groups is 2. The van der Waals surface area contributed by atoms with Gasteiger partial charge in [-0.25, -0.2) is 20.8 Å². The number of allylic oxidation sites excluding steroid dienone is 8. The number of furan rings is 2. The summed E-state index contributed by atoms with van der Waals surface area (Å²) in [5.41, 5.74) is 8.83. The first-order chi connectivity index (χ1) is 28.4. The average molecular weight is 789 g/mol. The lowest BCUT2D eigenvalue weighted by atomic mass is 9.85. The van der Waals surface area contributed by atoms with Crippen LogP contribution in [0.4, 0.5) is 0 Å². The number of para-hydroxylation sites is 2. The molecule has 8 heteroatoms. The summed E-state index contributed by atoms with van der Waals surface area (Å²) >= 11 is 0. The molecule has 8 aromatic rings. The Morgan fingerprint density at radius 3 is 1.29 bits per heavy atom. The van der Waals surface area contributed by atoms with E-state index in [1.165, 1.54) is 0 Å². The molecule has 4 aliphatic rings. The molecule has 12 rings (SSSR count). The van der Waals surface area contributed by atoms with Crippen LogP contribution in [0.25, 0.3) is 66.2 Å². The van der Waals surface area contributed by atoms with Crippen molar-refractivity contribution < 1.29 is 26.8 Å². The Morgan fingerprint density at radius 2 is 0.828 bits per heavy atom. The summed E-state index contributed by atoms with van der Waals surface area (Å²) in [4.78, 5) is 30.6. The van der Waals surface area contributed by atoms with Crippen LogP contribution in [0.2, 0.25) is 0 Å². The minimum absolute atomic E-state index is 0.139. The number of ketones is 2. The lowest BCUT2D eigenvalue weighted by Gasteiger charge is -2.32. The lowest BCUT2D eigenvalue weighted by molar-refractivity contribution is 0.0961. The van der Waals surface area contributed by atoms with Gasteiger partial charge in [0.25, 0.3) is 0 Å². The minimum atomic E-state index is -1.54. The van der Waals surface area contributed by atoms with Crippen molar-refractivity contribution in [3.63, 3.8) is 0 Å². The number of fused-ring (bicyclic) bond motifs is 10. The third-order valence-electron chi connectivity index (χ3n) is 11.8. The maximum atomic E-state index is 14.3. The molecule has 58 heavy (non-hydrogen) atoms. The molecule has 0 saturated carbocycles. The topological polar surface area (TPSA) is 94.6 Å². The smallest absolute Gasteiger partial charge is 0.170 e. The zero-order valence-corrected chi connectivity index (χ0v) is 32.1. The summed E-state index contributed by atoms with van der Waals surface area (Å²) < 4.78 is 40.1. The van der Waals surface area contributed by atoms with E-state index in [0.29, 0.717) is 41.8 Å². The quantitative estimate of drug-likeness (QED) is 0.131. The van der Waals surface area contributed by atoms with E-state index in [4.69, 9.17) is 8.83 Å². The van der Waals surface area contributed by atoms with Crippen molar-refractivity contribution in [1.29, 1.82) is 0 Å². The standard InChI is InChI=1S/C50H28O6S2/c51-49-37-21-27(11-17-45(37)57(53)47-19-13-29(23-39(47)49)31-9-15-35-33-5-1-3-7-41(33)55-43(35)25-31)28-12-18-46-38(22-28)50(52)40-24-30(14-20-48(40)58(46)54)32-10-16-36-34-6-2-4-8-42(34)56-44(36)26-32/h1-26,39-40H/q-2. The van der Waals surface area contributed by atoms with Gasteiger partial charge in [-0.05, 0) is 81.9 Å². The van der Waals surface area contributed by atoms with Gasteiger partial charge in [0, 0.05) is 44.5 Å². The largest absolute Gasteiger partial charge is 0.457 e. The van der Waals surface area contributed by atoms with Crippen LogP contribution in [-0.2, 0) is 29.2 Å². The second-order valence-electron chi connectivity index (χ2n) is 15.0. The Hall–Kier alpha value is -6.74. The molecular formula is C50H28O6S2-2. The van der Waals surface area contributed by atoms with Gasteiger partial charge in [-0.15, -0.1) is 19.5 Å². The Morgan fingerprint density at radius 1 is 0.414 bits per heavy atom. The van der Waals surface area contributed by atoms with Crippen LogP contribution in [0.1, 0.15) is 31.8 Å². The highest BCUT2D eigenvalue weighted by molar-refractivity contribution is 7.86. The van der Waals surface area contributed by atoms with E-state index in [1.807, 2.05) is 134 Å². The molecule has 0 amide bonds. The summed E-state index contributed by atoms with van der Waals surface area (Å²) in [6, 6.07) is 38.6. The Balaban J connectivity index is 0.873. The van der Waals surface area contributed by atoms with Crippen LogP contribution in [0.3, 0.4) is 0 Å². The molecule has 4 heterocycles. The van der Waals surface area contributed by atoms with Crippen molar-refractivity contribution in [1.82, 2.24) is 0 Å². The molecule has 6 aromatic carbocycles. The second kappa shape index (κ2) is 12.4. The van der Waals surface area contributed by atoms with Gasteiger partial charge in [0.1, 0.15) is 22.3 Å². The van der Waals surface area contributed by atoms with E-state index < -0.39 is 32.6 Å². The number of hydrogen-bond donors (Lipinski definition) is 0. The van der Waals surface area contributed by atoms with Crippen LogP contribution >= 0.6 is 0 Å². The monoisotopic (exact) mass is 788 g/mol. The first-order valence-corrected chi connectivity index (χ1v) is 21.3. The van der Waals surface area contributed by atoms with Crippen molar-refractivity contribution >= 4 is 97.1 Å². The molecule has 2 aromatic heterocycles. The molecule has 2 atom stereocenters. The molecule has 0 radical (unpaired) electrons. The van der Waals surface area contributed by atoms with Gasteiger partial charge < -0.3 is 17.3 Å². The van der Waals surface area contributed by atoms with Gasteiger partial charge in [-0.2, -0.15) is 0 Å². The van der Waals surface area contributed by atoms with Gasteiger partial charge in [-0.1, -0.05) is 109 Å². The predicted octanol–water partition coefficient (Wildman–Crippen LogP) is 11.1. The second-order valence-corrected chi connectivity index (χ2v) is 17.9. The van der Waals surface area contributed by atoms with E-state index >= 15 is 0 Å². The molecular weight excluding hydrogens is 761 g/mol. The third kappa shape index (κ3) is 4.88. The first kappa shape index (κ1) is 33.4. The molecule has 278 valence electrons. The minimum Gasteiger partial charge on any atom is -0.457 e. The number of hydrogen-bond acceptors (Lipinski definition) is 8. The zero-order chi connectivity index (χ0) is 38.8. The van der Waals surface area contributed by atoms with E-state index in [2.05, 4.69) is 0 Å². The molecule has 0 N–H and O–H groups in total. The Kier molecular flexibility index (Phi) is 7.13. The fraction of sp³-hybridized carbons (Fsp3) is 0.0400. The van der Waals surface area contributed by atoms with Gasteiger partial charge in [-0.3, -0.25) is 9.59 Å². The van der Waals surface area contributed by atoms with Crippen LogP contribution in [-0.4, -0.2) is 21.3 Å². The molecule has 2 aliphatic heterocycles. The van der Waals surface area contributed by atoms with E-state index in [1.54, 1.807) is 24.3 Å². The lowest BCUT2D eigenvalue weighted by Crippen LogP contribution is -2.30. The van der Waals surface area contributed by atoms with Crippen LogP contribution < -0.4 is 0 Å². The normalized spacial score (nSPS) is 19.1. The van der Waals surface area contributed by atoms with Gasteiger partial charge in [0.2, 0.25) is 0 Å². The van der Waals surface area contributed by atoms with E-state index in [9.17, 15) is 18.0 Å². The maximum absolute atomic E-state index is 14.3. The van der Waals surface area contributed by atoms with E-state index in [-0.39, 0.29) is 11.6 Å². The number of Topliss-reactive ketones (excluding diaryl/α,β-unsaturated/α-hetero) is 2. The fourth-order valence-corrected chi connectivity index (χ4v) is 11.7. The first-order valence-electron chi connectivity index (χ1n) is 19.0. The summed E-state index contributed by atoms with van der Waals surface area (Å²) in [6.07, 6.45) is 11.2. The molecule has 0 spiro atoms. The summed E-state index contributed by atoms with van der Waals surface area (Å²) in [5.74, 6) is -1.66. The highest BCUT2D eigenvalue weighted by atomic mass is 32.2. The molecule has 0 bridgehead atoms. The molecule has 2 unspecified atom stereocenters. The van der Waals surface area contributed by atoms with Crippen LogP contribution in [0.15, 0.2) is 176 Å². The van der Waals surface area contributed by atoms with Crippen molar-refractivity contribution in [3.05, 3.63) is 180 Å². The number of benzene rings is 6. The SMILES string of the molecule is O=C1c2cc(-c3ccc4c(c3)C(=O)C3C=C(c5ccc6c(c5)oc5ccccc56)C=CC3=[S-]4=O)ccc2[S-](=O)=C2C=CC(c3ccc4c(c3)oc3ccccc34)=CC12. The summed E-state index contributed by atoms with van der Waals surface area (Å²) in [6.45, 7) is 0. The van der Waals surface area contributed by atoms with Gasteiger partial charge in [0.15, 0.2) is 11.6 Å². The van der Waals surface area contributed by atoms with Crippen LogP contribution in [0.5, 0.6) is 0 Å². The molecule has 0 fully saturated rings. The fourth-order valence-electron chi connectivity index (χ4n) is 8.86. The number of rotatable bonds is 3. The van der Waals surface area contributed by atoms with Crippen molar-refractivity contribution in [3.8, 4) is 11.1 Å². The molecule has 0 saturated heterocycles. The molecule has 2 aliphatic carbocycles. The Labute approximate surface area is 335 Å². The van der Waals surface area contributed by atoms with Crippen molar-refractivity contribution in [2.75, 3.05) is 0 Å². The highest BCUT2D eigenvalue weighted by Gasteiger charge is 2.29. The van der Waals surface area contributed by atoms with Crippen molar-refractivity contribution in [2.45, 2.75) is 9.79 Å². The highest BCUT2D eigenvalue weighted by Crippen LogP contribution is 2.39. The van der Waals surface area contributed by atoms with Crippen molar-refractivity contribution in [2.24, 2.45) is 11.8 Å². The van der Waals surface area contributed by atoms with Gasteiger partial charge >= 0.3 is 0 Å².